The largest absolute Gasteiger partial charge is 0.497 e. The van der Waals surface area contributed by atoms with Gasteiger partial charge in [-0.3, -0.25) is 4.72 Å². The molecule has 5 nitrogen and oxygen atoms in total. The quantitative estimate of drug-likeness (QED) is 0.283. The number of fused-ring (bicyclic) bond motifs is 1. The van der Waals surface area contributed by atoms with Crippen molar-refractivity contribution in [3.63, 3.8) is 0 Å². The number of thiophene rings is 1. The van der Waals surface area contributed by atoms with E-state index in [1.807, 2.05) is 66.9 Å². The fourth-order valence-electron chi connectivity index (χ4n) is 3.57. The van der Waals surface area contributed by atoms with Gasteiger partial charge < -0.3 is 4.74 Å². The highest BCUT2D eigenvalue weighted by atomic mass is 32.2. The molecule has 0 fully saturated rings. The standard InChI is InChI=1S/C25H20N2O3S3/c1-16-15-31-25(23(16)24-26-21-8-3-4-9-22(21)32-24)27-33(28,29)20-7-5-6-18(14-20)17-10-12-19(30-2)13-11-17/h3-15,27H,1-2H3. The second kappa shape index (κ2) is 8.62. The van der Waals surface area contributed by atoms with Crippen LogP contribution >= 0.6 is 22.7 Å². The van der Waals surface area contributed by atoms with Gasteiger partial charge in [0.05, 0.1) is 22.2 Å². The van der Waals surface area contributed by atoms with E-state index >= 15 is 0 Å². The van der Waals surface area contributed by atoms with Gasteiger partial charge in [-0.25, -0.2) is 13.4 Å². The number of para-hydroxylation sites is 1. The number of ether oxygens (including phenoxy) is 1. The van der Waals surface area contributed by atoms with Crippen LogP contribution in [0.25, 0.3) is 31.9 Å². The number of nitrogens with zero attached hydrogens (tertiary/aromatic N) is 1. The van der Waals surface area contributed by atoms with E-state index in [2.05, 4.69) is 4.72 Å². The Morgan fingerprint density at radius 3 is 2.48 bits per heavy atom. The normalized spacial score (nSPS) is 11.6. The second-order valence-corrected chi connectivity index (χ2v) is 11.1. The summed E-state index contributed by atoms with van der Waals surface area (Å²) in [6, 6.07) is 22.4. The Labute approximate surface area is 200 Å². The first kappa shape index (κ1) is 21.6. The third-order valence-corrected chi connectivity index (χ3v) is 8.82. The summed E-state index contributed by atoms with van der Waals surface area (Å²) in [5, 5.41) is 3.33. The number of methoxy groups -OCH3 is 1. The third kappa shape index (κ3) is 4.25. The summed E-state index contributed by atoms with van der Waals surface area (Å²) in [7, 11) is -2.18. The van der Waals surface area contributed by atoms with E-state index in [0.29, 0.717) is 5.00 Å². The lowest BCUT2D eigenvalue weighted by atomic mass is 10.1. The molecule has 0 aliphatic heterocycles. The molecule has 0 saturated carbocycles. The number of thiazole rings is 1. The maximum Gasteiger partial charge on any atom is 0.262 e. The van der Waals surface area contributed by atoms with Crippen LogP contribution in [0.4, 0.5) is 5.00 Å². The van der Waals surface area contributed by atoms with Crippen molar-refractivity contribution in [3.05, 3.63) is 83.7 Å². The molecule has 33 heavy (non-hydrogen) atoms. The molecule has 0 spiro atoms. The fraction of sp³-hybridized carbons (Fsp3) is 0.0800. The molecule has 8 heteroatoms. The van der Waals surface area contributed by atoms with E-state index in [9.17, 15) is 8.42 Å². The lowest BCUT2D eigenvalue weighted by molar-refractivity contribution is 0.415. The van der Waals surface area contributed by atoms with Gasteiger partial charge in [0.1, 0.15) is 15.8 Å². The molecule has 5 aromatic rings. The molecule has 0 aliphatic carbocycles. The third-order valence-electron chi connectivity index (χ3n) is 5.28. The van der Waals surface area contributed by atoms with E-state index in [1.165, 1.54) is 11.3 Å². The van der Waals surface area contributed by atoms with E-state index < -0.39 is 10.0 Å². The van der Waals surface area contributed by atoms with Crippen LogP contribution in [0.2, 0.25) is 0 Å². The number of rotatable bonds is 6. The van der Waals surface area contributed by atoms with Crippen LogP contribution in [0.15, 0.2) is 83.1 Å². The smallest absolute Gasteiger partial charge is 0.262 e. The van der Waals surface area contributed by atoms with Crippen LogP contribution in [0.3, 0.4) is 0 Å². The van der Waals surface area contributed by atoms with Crippen LogP contribution in [0.1, 0.15) is 5.56 Å². The van der Waals surface area contributed by atoms with Crippen molar-refractivity contribution in [3.8, 4) is 27.4 Å². The van der Waals surface area contributed by atoms with Crippen molar-refractivity contribution < 1.29 is 13.2 Å². The molecule has 166 valence electrons. The molecule has 1 N–H and O–H groups in total. The second-order valence-electron chi connectivity index (χ2n) is 7.47. The minimum Gasteiger partial charge on any atom is -0.497 e. The molecular weight excluding hydrogens is 472 g/mol. The number of aryl methyl sites for hydroxylation is 1. The Morgan fingerprint density at radius 2 is 1.73 bits per heavy atom. The molecule has 0 unspecified atom stereocenters. The predicted molar refractivity (Wildman–Crippen MR) is 137 cm³/mol. The molecular formula is C25H20N2O3S3. The van der Waals surface area contributed by atoms with Crippen LogP contribution in [-0.4, -0.2) is 20.5 Å². The molecule has 0 atom stereocenters. The maximum absolute atomic E-state index is 13.3. The van der Waals surface area contributed by atoms with Crippen molar-refractivity contribution in [2.75, 3.05) is 11.8 Å². The summed E-state index contributed by atoms with van der Waals surface area (Å²) < 4.78 is 35.7. The number of aromatic nitrogens is 1. The zero-order chi connectivity index (χ0) is 23.0. The van der Waals surface area contributed by atoms with Gasteiger partial charge in [-0.15, -0.1) is 22.7 Å². The number of nitrogens with one attached hydrogen (secondary N) is 1. The first-order valence-electron chi connectivity index (χ1n) is 10.2. The highest BCUT2D eigenvalue weighted by Crippen LogP contribution is 2.41. The lowest BCUT2D eigenvalue weighted by Crippen LogP contribution is -2.12. The van der Waals surface area contributed by atoms with E-state index in [1.54, 1.807) is 36.6 Å². The van der Waals surface area contributed by atoms with Crippen LogP contribution in [0, 0.1) is 6.92 Å². The van der Waals surface area contributed by atoms with Crippen molar-refractivity contribution in [1.82, 2.24) is 4.98 Å². The number of hydrogen-bond donors (Lipinski definition) is 1. The summed E-state index contributed by atoms with van der Waals surface area (Å²) >= 11 is 2.93. The summed E-state index contributed by atoms with van der Waals surface area (Å²) in [6.07, 6.45) is 0. The average Bonchev–Trinajstić information content (AvgIpc) is 3.41. The Balaban J connectivity index is 1.49. The average molecular weight is 493 g/mol. The number of anilines is 1. The van der Waals surface area contributed by atoms with E-state index in [4.69, 9.17) is 9.72 Å². The summed E-state index contributed by atoms with van der Waals surface area (Å²) in [4.78, 5) is 4.93. The summed E-state index contributed by atoms with van der Waals surface area (Å²) in [6.45, 7) is 1.97. The predicted octanol–water partition coefficient (Wildman–Crippen LogP) is 6.81. The van der Waals surface area contributed by atoms with Gasteiger partial charge in [0.15, 0.2) is 0 Å². The Bertz CT molecular complexity index is 1520. The van der Waals surface area contributed by atoms with Gasteiger partial charge in [-0.1, -0.05) is 36.4 Å². The first-order valence-corrected chi connectivity index (χ1v) is 13.3. The minimum absolute atomic E-state index is 0.206. The van der Waals surface area contributed by atoms with Crippen LogP contribution in [0.5, 0.6) is 5.75 Å². The minimum atomic E-state index is -3.79. The molecule has 0 amide bonds. The topological polar surface area (TPSA) is 68.3 Å². The Kier molecular flexibility index (Phi) is 5.65. The molecule has 0 bridgehead atoms. The number of sulfonamides is 1. The van der Waals surface area contributed by atoms with Crippen molar-refractivity contribution in [2.45, 2.75) is 11.8 Å². The number of benzene rings is 3. The first-order chi connectivity index (χ1) is 15.9. The maximum atomic E-state index is 13.3. The van der Waals surface area contributed by atoms with Crippen molar-refractivity contribution in [2.24, 2.45) is 0 Å². The highest BCUT2D eigenvalue weighted by molar-refractivity contribution is 7.93. The SMILES string of the molecule is COc1ccc(-c2cccc(S(=O)(=O)Nc3scc(C)c3-c3nc4ccccc4s3)c2)cc1. The van der Waals surface area contributed by atoms with E-state index in [0.717, 1.165) is 43.2 Å². The Morgan fingerprint density at radius 1 is 0.939 bits per heavy atom. The fourth-order valence-corrected chi connectivity index (χ4v) is 7.03. The van der Waals surface area contributed by atoms with Gasteiger partial charge in [-0.05, 0) is 65.4 Å². The Hall–Kier alpha value is -3.20. The van der Waals surface area contributed by atoms with Crippen LogP contribution < -0.4 is 9.46 Å². The molecule has 2 heterocycles. The van der Waals surface area contributed by atoms with E-state index in [-0.39, 0.29) is 4.90 Å². The van der Waals surface area contributed by atoms with Gasteiger partial charge in [-0.2, -0.15) is 0 Å². The summed E-state index contributed by atoms with van der Waals surface area (Å²) in [5.74, 6) is 0.750. The number of hydrogen-bond acceptors (Lipinski definition) is 6. The highest BCUT2D eigenvalue weighted by Gasteiger charge is 2.21. The molecule has 2 aromatic heterocycles. The zero-order valence-electron chi connectivity index (χ0n) is 17.9. The van der Waals surface area contributed by atoms with Gasteiger partial charge in [0, 0.05) is 5.56 Å². The summed E-state index contributed by atoms with van der Waals surface area (Å²) in [5.41, 5.74) is 4.45. The van der Waals surface area contributed by atoms with Crippen LogP contribution in [-0.2, 0) is 10.0 Å². The molecule has 5 rings (SSSR count). The van der Waals surface area contributed by atoms with Crippen molar-refractivity contribution in [1.29, 1.82) is 0 Å². The van der Waals surface area contributed by atoms with Gasteiger partial charge in [0.25, 0.3) is 10.0 Å². The lowest BCUT2D eigenvalue weighted by Gasteiger charge is -2.10. The van der Waals surface area contributed by atoms with Crippen molar-refractivity contribution >= 4 is 47.9 Å². The van der Waals surface area contributed by atoms with Gasteiger partial charge >= 0.3 is 0 Å². The molecule has 0 radical (unpaired) electrons. The van der Waals surface area contributed by atoms with Gasteiger partial charge in [0.2, 0.25) is 0 Å². The molecule has 3 aromatic carbocycles. The zero-order valence-corrected chi connectivity index (χ0v) is 20.4. The molecule has 0 saturated heterocycles. The molecule has 0 aliphatic rings. The monoisotopic (exact) mass is 492 g/mol.